The van der Waals surface area contributed by atoms with Gasteiger partial charge in [0.15, 0.2) is 0 Å². The molecule has 3 heterocycles. The van der Waals surface area contributed by atoms with Gasteiger partial charge >= 0.3 is 0 Å². The van der Waals surface area contributed by atoms with Gasteiger partial charge in [-0.3, -0.25) is 4.79 Å². The van der Waals surface area contributed by atoms with Crippen molar-refractivity contribution in [3.8, 4) is 5.75 Å². The van der Waals surface area contributed by atoms with Crippen LogP contribution >= 0.6 is 0 Å². The van der Waals surface area contributed by atoms with E-state index in [0.29, 0.717) is 31.1 Å². The Balaban J connectivity index is 1.46. The molecule has 4 rings (SSSR count). The van der Waals surface area contributed by atoms with Crippen molar-refractivity contribution in [2.45, 2.75) is 38.8 Å². The zero-order chi connectivity index (χ0) is 19.5. The summed E-state index contributed by atoms with van der Waals surface area (Å²) in [7, 11) is 1.60. The van der Waals surface area contributed by atoms with Crippen LogP contribution in [0.2, 0.25) is 0 Å². The number of rotatable bonds is 4. The highest BCUT2D eigenvalue weighted by molar-refractivity contribution is 5.97. The predicted octanol–water partition coefficient (Wildman–Crippen LogP) is 2.27. The number of nitrogens with zero attached hydrogens (tertiary/aromatic N) is 3. The Labute approximate surface area is 165 Å². The van der Waals surface area contributed by atoms with Crippen LogP contribution in [0.25, 0.3) is 0 Å². The van der Waals surface area contributed by atoms with Crippen LogP contribution in [0.15, 0.2) is 24.4 Å². The Kier molecular flexibility index (Phi) is 5.43. The highest BCUT2D eigenvalue weighted by Crippen LogP contribution is 2.24. The second kappa shape index (κ2) is 8.14. The maximum Gasteiger partial charge on any atom is 0.255 e. The molecule has 7 heteroatoms. The van der Waals surface area contributed by atoms with Gasteiger partial charge in [0.25, 0.3) is 5.91 Å². The first-order valence-corrected chi connectivity index (χ1v) is 9.77. The number of ether oxygens (including phenoxy) is 2. The molecule has 1 aromatic heterocycles. The molecule has 0 saturated carbocycles. The molecule has 1 fully saturated rings. The molecular weight excluding hydrogens is 356 g/mol. The summed E-state index contributed by atoms with van der Waals surface area (Å²) < 4.78 is 10.9. The van der Waals surface area contributed by atoms with Gasteiger partial charge in [0.2, 0.25) is 5.95 Å². The van der Waals surface area contributed by atoms with E-state index < -0.39 is 0 Å². The fourth-order valence-electron chi connectivity index (χ4n) is 3.91. The molecule has 0 spiro atoms. The lowest BCUT2D eigenvalue weighted by Gasteiger charge is -2.33. The summed E-state index contributed by atoms with van der Waals surface area (Å²) in [6.07, 6.45) is 4.62. The second-order valence-electron chi connectivity index (χ2n) is 7.36. The molecule has 0 aliphatic carbocycles. The summed E-state index contributed by atoms with van der Waals surface area (Å²) in [6.45, 7) is 4.84. The van der Waals surface area contributed by atoms with Crippen molar-refractivity contribution in [3.05, 3.63) is 46.8 Å². The summed E-state index contributed by atoms with van der Waals surface area (Å²) in [5.74, 6) is 1.27. The number of carbonyl (C=O) groups is 1. The minimum Gasteiger partial charge on any atom is -0.496 e. The third kappa shape index (κ3) is 3.80. The number of hydrogen-bond acceptors (Lipinski definition) is 6. The van der Waals surface area contributed by atoms with Crippen molar-refractivity contribution in [1.29, 1.82) is 0 Å². The average Bonchev–Trinajstić information content (AvgIpc) is 2.73. The van der Waals surface area contributed by atoms with E-state index in [9.17, 15) is 4.79 Å². The van der Waals surface area contributed by atoms with Crippen molar-refractivity contribution in [2.75, 3.05) is 31.7 Å². The smallest absolute Gasteiger partial charge is 0.255 e. The summed E-state index contributed by atoms with van der Waals surface area (Å²) in [4.78, 5) is 24.3. The molecule has 1 atom stereocenters. The van der Waals surface area contributed by atoms with Gasteiger partial charge in [0.1, 0.15) is 5.75 Å². The number of fused-ring (bicyclic) bond motifs is 1. The first kappa shape index (κ1) is 18.7. The van der Waals surface area contributed by atoms with Crippen LogP contribution < -0.4 is 15.0 Å². The quantitative estimate of drug-likeness (QED) is 0.874. The Morgan fingerprint density at radius 2 is 2.29 bits per heavy atom. The largest absolute Gasteiger partial charge is 0.496 e. The summed E-state index contributed by atoms with van der Waals surface area (Å²) in [5, 5.41) is 3.16. The van der Waals surface area contributed by atoms with Gasteiger partial charge in [-0.15, -0.1) is 0 Å². The lowest BCUT2D eigenvalue weighted by molar-refractivity contribution is 0.0929. The van der Waals surface area contributed by atoms with Gasteiger partial charge < -0.3 is 19.7 Å². The molecule has 2 aliphatic heterocycles. The molecule has 2 aliphatic rings. The van der Waals surface area contributed by atoms with Crippen LogP contribution in [0.1, 0.15) is 40.0 Å². The molecule has 0 unspecified atom stereocenters. The van der Waals surface area contributed by atoms with E-state index in [2.05, 4.69) is 15.2 Å². The zero-order valence-corrected chi connectivity index (χ0v) is 16.4. The second-order valence-corrected chi connectivity index (χ2v) is 7.36. The molecular formula is C21H26N4O3. The highest BCUT2D eigenvalue weighted by atomic mass is 16.5. The van der Waals surface area contributed by atoms with Crippen LogP contribution in [0.5, 0.6) is 5.75 Å². The summed E-state index contributed by atoms with van der Waals surface area (Å²) in [6, 6.07) is 5.67. The van der Waals surface area contributed by atoms with Crippen LogP contribution in [0.4, 0.5) is 5.95 Å². The Hall–Kier alpha value is -2.67. The Bertz CT molecular complexity index is 871. The van der Waals surface area contributed by atoms with Crippen LogP contribution in [-0.4, -0.2) is 48.7 Å². The molecule has 1 amide bonds. The van der Waals surface area contributed by atoms with E-state index in [0.717, 1.165) is 48.6 Å². The van der Waals surface area contributed by atoms with Crippen LogP contribution in [0.3, 0.4) is 0 Å². The monoisotopic (exact) mass is 382 g/mol. The molecule has 2 aromatic rings. The van der Waals surface area contributed by atoms with E-state index in [1.807, 2.05) is 25.3 Å². The molecule has 1 N–H and O–H groups in total. The SMILES string of the molecule is COc1c(C)cccc1C(=O)N[C@H]1CCCN(c2ncc3c(n2)CCOC3)C1. The highest BCUT2D eigenvalue weighted by Gasteiger charge is 2.25. The van der Waals surface area contributed by atoms with Crippen LogP contribution in [-0.2, 0) is 17.8 Å². The van der Waals surface area contributed by atoms with Gasteiger partial charge in [0, 0.05) is 37.3 Å². The Morgan fingerprint density at radius 3 is 3.14 bits per heavy atom. The maximum absolute atomic E-state index is 12.8. The number of para-hydroxylation sites is 1. The topological polar surface area (TPSA) is 76.6 Å². The van der Waals surface area contributed by atoms with Crippen molar-refractivity contribution < 1.29 is 14.3 Å². The standard InChI is InChI=1S/C21H26N4O3/c1-14-5-3-7-17(19(14)27-2)20(26)23-16-6-4-9-25(12-16)21-22-11-15-13-28-10-8-18(15)24-21/h3,5,7,11,16H,4,6,8-10,12-13H2,1-2H3,(H,23,26)/t16-/m0/s1. The van der Waals surface area contributed by atoms with E-state index >= 15 is 0 Å². The Morgan fingerprint density at radius 1 is 1.39 bits per heavy atom. The molecule has 0 radical (unpaired) electrons. The minimum atomic E-state index is -0.101. The summed E-state index contributed by atoms with van der Waals surface area (Å²) in [5.41, 5.74) is 3.67. The molecule has 0 bridgehead atoms. The van der Waals surface area contributed by atoms with Crippen LogP contribution in [0, 0.1) is 6.92 Å². The molecule has 28 heavy (non-hydrogen) atoms. The number of carbonyl (C=O) groups excluding carboxylic acids is 1. The van der Waals surface area contributed by atoms with Gasteiger partial charge in [-0.2, -0.15) is 0 Å². The van der Waals surface area contributed by atoms with E-state index in [-0.39, 0.29) is 11.9 Å². The molecule has 1 saturated heterocycles. The van der Waals surface area contributed by atoms with Crippen molar-refractivity contribution >= 4 is 11.9 Å². The number of nitrogens with one attached hydrogen (secondary N) is 1. The zero-order valence-electron chi connectivity index (χ0n) is 16.4. The number of anilines is 1. The molecule has 7 nitrogen and oxygen atoms in total. The normalized spacial score (nSPS) is 19.1. The summed E-state index contributed by atoms with van der Waals surface area (Å²) >= 11 is 0. The predicted molar refractivity (Wildman–Crippen MR) is 106 cm³/mol. The third-order valence-corrected chi connectivity index (χ3v) is 5.38. The fourth-order valence-corrected chi connectivity index (χ4v) is 3.91. The van der Waals surface area contributed by atoms with E-state index in [1.165, 1.54) is 0 Å². The first-order chi connectivity index (χ1) is 13.7. The van der Waals surface area contributed by atoms with Gasteiger partial charge in [-0.05, 0) is 31.4 Å². The minimum absolute atomic E-state index is 0.0504. The average molecular weight is 382 g/mol. The van der Waals surface area contributed by atoms with Gasteiger partial charge in [0.05, 0.1) is 31.6 Å². The first-order valence-electron chi connectivity index (χ1n) is 9.77. The third-order valence-electron chi connectivity index (χ3n) is 5.38. The maximum atomic E-state index is 12.8. The number of aryl methyl sites for hydroxylation is 1. The lowest BCUT2D eigenvalue weighted by atomic mass is 10.0. The number of piperidine rings is 1. The van der Waals surface area contributed by atoms with Crippen molar-refractivity contribution in [3.63, 3.8) is 0 Å². The van der Waals surface area contributed by atoms with Crippen molar-refractivity contribution in [2.24, 2.45) is 0 Å². The van der Waals surface area contributed by atoms with E-state index in [4.69, 9.17) is 14.5 Å². The lowest BCUT2D eigenvalue weighted by Crippen LogP contribution is -2.48. The fraction of sp³-hybridized carbons (Fsp3) is 0.476. The van der Waals surface area contributed by atoms with Gasteiger partial charge in [-0.25, -0.2) is 9.97 Å². The number of methoxy groups -OCH3 is 1. The number of hydrogen-bond donors (Lipinski definition) is 1. The molecule has 1 aromatic carbocycles. The van der Waals surface area contributed by atoms with Crippen molar-refractivity contribution in [1.82, 2.24) is 15.3 Å². The number of amides is 1. The molecule has 148 valence electrons. The number of aromatic nitrogens is 2. The number of benzene rings is 1. The van der Waals surface area contributed by atoms with E-state index in [1.54, 1.807) is 13.2 Å². The van der Waals surface area contributed by atoms with Gasteiger partial charge in [-0.1, -0.05) is 12.1 Å².